The highest BCUT2D eigenvalue weighted by atomic mass is 32.1. The Hall–Kier alpha value is -1.77. The van der Waals surface area contributed by atoms with Crippen LogP contribution in [0.4, 0.5) is 23.2 Å². The van der Waals surface area contributed by atoms with Gasteiger partial charge in [0.05, 0.1) is 5.69 Å². The Morgan fingerprint density at radius 3 is 2.39 bits per heavy atom. The molecule has 0 atom stereocenters. The van der Waals surface area contributed by atoms with Crippen molar-refractivity contribution in [3.05, 3.63) is 18.2 Å². The Morgan fingerprint density at radius 2 is 1.78 bits per heavy atom. The van der Waals surface area contributed by atoms with Crippen molar-refractivity contribution < 1.29 is 27.0 Å². The molecule has 4 nitrogen and oxygen atoms in total. The predicted molar refractivity (Wildman–Crippen MR) is 58.0 cm³/mol. The molecule has 9 heteroatoms. The van der Waals surface area contributed by atoms with E-state index in [1.54, 1.807) is 0 Å². The Bertz CT molecular complexity index is 509. The molecule has 0 fully saturated rings. The van der Waals surface area contributed by atoms with Crippen LogP contribution in [-0.2, 0) is 0 Å². The summed E-state index contributed by atoms with van der Waals surface area (Å²) in [5.74, 6) is -1.12. The molecule has 0 saturated heterocycles. The van der Waals surface area contributed by atoms with Gasteiger partial charge < -0.3 is 20.5 Å². The molecular weight excluding hydrogens is 276 g/mol. The fraction of sp³-hybridized carbons (Fsp3) is 0.222. The van der Waals surface area contributed by atoms with Crippen LogP contribution in [0.5, 0.6) is 11.5 Å². The first-order valence-corrected chi connectivity index (χ1v) is 4.97. The average molecular weight is 282 g/mol. The van der Waals surface area contributed by atoms with Gasteiger partial charge in [-0.05, 0) is 24.4 Å². The van der Waals surface area contributed by atoms with E-state index in [9.17, 15) is 17.6 Å². The van der Waals surface area contributed by atoms with Gasteiger partial charge >= 0.3 is 12.2 Å². The van der Waals surface area contributed by atoms with Crippen LogP contribution < -0.4 is 20.5 Å². The van der Waals surface area contributed by atoms with Gasteiger partial charge in [-0.15, -0.1) is 0 Å². The lowest BCUT2D eigenvalue weighted by atomic mass is 10.2. The molecule has 1 aromatic carbocycles. The summed E-state index contributed by atoms with van der Waals surface area (Å²) in [6, 6.07) is 3.63. The lowest BCUT2D eigenvalue weighted by molar-refractivity contribution is -0.391. The van der Waals surface area contributed by atoms with Crippen LogP contribution in [0.25, 0.3) is 0 Å². The van der Waals surface area contributed by atoms with Crippen molar-refractivity contribution >= 4 is 23.0 Å². The normalized spacial score (nSPS) is 19.1. The third-order valence-electron chi connectivity index (χ3n) is 2.04. The van der Waals surface area contributed by atoms with Crippen molar-refractivity contribution in [1.82, 2.24) is 0 Å². The van der Waals surface area contributed by atoms with Crippen molar-refractivity contribution in [3.63, 3.8) is 0 Å². The van der Waals surface area contributed by atoms with Crippen LogP contribution in [0.3, 0.4) is 0 Å². The predicted octanol–water partition coefficient (Wildman–Crippen LogP) is 2.30. The highest BCUT2D eigenvalue weighted by Gasteiger charge is 2.66. The number of fused-ring (bicyclic) bond motifs is 1. The van der Waals surface area contributed by atoms with E-state index in [-0.39, 0.29) is 10.8 Å². The Morgan fingerprint density at radius 1 is 1.17 bits per heavy atom. The van der Waals surface area contributed by atoms with Gasteiger partial charge in [0.25, 0.3) is 0 Å². The standard InChI is InChI=1S/C9H6F4N2O2S/c10-8(11)9(12,13)17-6-4(15-7(14)18)2-1-3-5(6)16-8/h1-3H,(H3,14,15,18). The summed E-state index contributed by atoms with van der Waals surface area (Å²) in [5, 5.41) is 2.10. The van der Waals surface area contributed by atoms with Gasteiger partial charge in [0.15, 0.2) is 16.6 Å². The number of nitrogens with one attached hydrogen (secondary N) is 1. The van der Waals surface area contributed by atoms with E-state index in [1.165, 1.54) is 12.1 Å². The Balaban J connectivity index is 2.46. The zero-order chi connectivity index (χ0) is 13.6. The molecule has 1 aliphatic rings. The van der Waals surface area contributed by atoms with E-state index in [2.05, 4.69) is 27.0 Å². The number of rotatable bonds is 1. The highest BCUT2D eigenvalue weighted by molar-refractivity contribution is 7.80. The maximum Gasteiger partial charge on any atom is 0.507 e. The van der Waals surface area contributed by atoms with Crippen LogP contribution in [-0.4, -0.2) is 17.3 Å². The van der Waals surface area contributed by atoms with E-state index in [4.69, 9.17) is 5.73 Å². The molecule has 98 valence electrons. The number of alkyl halides is 4. The number of nitrogens with two attached hydrogens (primary N) is 1. The molecule has 0 aliphatic carbocycles. The molecule has 2 rings (SSSR count). The third kappa shape index (κ3) is 2.01. The summed E-state index contributed by atoms with van der Waals surface area (Å²) < 4.78 is 59.7. The minimum Gasteiger partial charge on any atom is -0.421 e. The van der Waals surface area contributed by atoms with Crippen LogP contribution in [0.15, 0.2) is 18.2 Å². The van der Waals surface area contributed by atoms with Gasteiger partial charge in [-0.25, -0.2) is 0 Å². The molecule has 1 aliphatic heterocycles. The topological polar surface area (TPSA) is 56.5 Å². The number of halogens is 4. The van der Waals surface area contributed by atoms with Gasteiger partial charge in [0.2, 0.25) is 0 Å². The molecule has 0 radical (unpaired) electrons. The number of benzene rings is 1. The fourth-order valence-electron chi connectivity index (χ4n) is 1.32. The molecule has 0 saturated carbocycles. The van der Waals surface area contributed by atoms with E-state index in [1.807, 2.05) is 0 Å². The zero-order valence-corrected chi connectivity index (χ0v) is 9.36. The second-order valence-electron chi connectivity index (χ2n) is 3.36. The van der Waals surface area contributed by atoms with E-state index >= 15 is 0 Å². The minimum absolute atomic E-state index is 0.0878. The first-order valence-electron chi connectivity index (χ1n) is 4.56. The Kier molecular flexibility index (Phi) is 2.73. The van der Waals surface area contributed by atoms with E-state index < -0.39 is 23.7 Å². The van der Waals surface area contributed by atoms with Crippen molar-refractivity contribution in [2.75, 3.05) is 5.32 Å². The second-order valence-corrected chi connectivity index (χ2v) is 3.80. The van der Waals surface area contributed by atoms with Crippen LogP contribution in [0.1, 0.15) is 0 Å². The maximum atomic E-state index is 13.0. The number of anilines is 1. The fourth-order valence-corrected chi connectivity index (χ4v) is 1.43. The van der Waals surface area contributed by atoms with Crippen LogP contribution in [0, 0.1) is 0 Å². The molecule has 1 aromatic rings. The zero-order valence-electron chi connectivity index (χ0n) is 8.55. The molecule has 3 N–H and O–H groups in total. The largest absolute Gasteiger partial charge is 0.507 e. The number of hydrogen-bond acceptors (Lipinski definition) is 3. The SMILES string of the molecule is NC(=S)Nc1cccc2c1OC(F)(F)C(F)(F)O2. The number of ether oxygens (including phenoxy) is 2. The summed E-state index contributed by atoms with van der Waals surface area (Å²) in [6.45, 7) is 0. The summed E-state index contributed by atoms with van der Waals surface area (Å²) in [6.07, 6.45) is -9.53. The number of hydrogen-bond donors (Lipinski definition) is 2. The van der Waals surface area contributed by atoms with E-state index in [0.29, 0.717) is 0 Å². The third-order valence-corrected chi connectivity index (χ3v) is 2.15. The summed E-state index contributed by atoms with van der Waals surface area (Å²) in [5.41, 5.74) is 5.08. The van der Waals surface area contributed by atoms with Crippen molar-refractivity contribution in [2.45, 2.75) is 12.2 Å². The lowest BCUT2D eigenvalue weighted by Crippen LogP contribution is -2.52. The summed E-state index contributed by atoms with van der Waals surface area (Å²) >= 11 is 4.52. The highest BCUT2D eigenvalue weighted by Crippen LogP contribution is 2.49. The van der Waals surface area contributed by atoms with Crippen LogP contribution in [0.2, 0.25) is 0 Å². The average Bonchev–Trinajstić information content (AvgIpc) is 2.19. The molecule has 0 bridgehead atoms. The smallest absolute Gasteiger partial charge is 0.421 e. The first-order chi connectivity index (χ1) is 8.23. The van der Waals surface area contributed by atoms with Gasteiger partial charge in [-0.2, -0.15) is 17.6 Å². The Labute approximate surface area is 104 Å². The number of para-hydroxylation sites is 1. The monoisotopic (exact) mass is 282 g/mol. The van der Waals surface area contributed by atoms with Crippen LogP contribution >= 0.6 is 12.2 Å². The molecule has 0 aromatic heterocycles. The minimum atomic E-state index is -4.78. The first kappa shape index (κ1) is 12.7. The quantitative estimate of drug-likeness (QED) is 0.611. The van der Waals surface area contributed by atoms with Gasteiger partial charge in [0, 0.05) is 0 Å². The van der Waals surface area contributed by atoms with Crippen molar-refractivity contribution in [2.24, 2.45) is 5.73 Å². The number of thiocarbonyl (C=S) groups is 1. The molecule has 0 unspecified atom stereocenters. The van der Waals surface area contributed by atoms with Gasteiger partial charge in [-0.1, -0.05) is 6.07 Å². The van der Waals surface area contributed by atoms with Gasteiger partial charge in [-0.3, -0.25) is 0 Å². The van der Waals surface area contributed by atoms with E-state index in [0.717, 1.165) is 6.07 Å². The maximum absolute atomic E-state index is 13.0. The van der Waals surface area contributed by atoms with Crippen molar-refractivity contribution in [3.8, 4) is 11.5 Å². The molecule has 1 heterocycles. The molecular formula is C9H6F4N2O2S. The summed E-state index contributed by atoms with van der Waals surface area (Å²) in [7, 11) is 0. The van der Waals surface area contributed by atoms with Gasteiger partial charge in [0.1, 0.15) is 0 Å². The molecule has 0 amide bonds. The second kappa shape index (κ2) is 3.87. The molecule has 0 spiro atoms. The summed E-state index contributed by atoms with van der Waals surface area (Å²) in [4.78, 5) is 0. The lowest BCUT2D eigenvalue weighted by Gasteiger charge is -2.32. The van der Waals surface area contributed by atoms with Crippen molar-refractivity contribution in [1.29, 1.82) is 0 Å². The molecule has 18 heavy (non-hydrogen) atoms.